The Morgan fingerprint density at radius 1 is 1.11 bits per heavy atom. The zero-order valence-electron chi connectivity index (χ0n) is 14.0. The van der Waals surface area contributed by atoms with Crippen LogP contribution in [0.5, 0.6) is 0 Å². The number of benzene rings is 1. The lowest BCUT2D eigenvalue weighted by Crippen LogP contribution is -2.23. The monoisotopic (exact) mass is 377 g/mol. The summed E-state index contributed by atoms with van der Waals surface area (Å²) >= 11 is 0. The first kappa shape index (κ1) is 18.6. The standard InChI is InChI=1S/C19H15F4N3O/c20-15-5-1-13(2-6-15)3-8-18(27)24-10-9-16-12-26-11-14(19(21,22)23)4-7-17(26)25-16/h1-8,11-12H,9-10H2,(H,24,27)/b8-3+. The van der Waals surface area contributed by atoms with E-state index in [0.29, 0.717) is 23.3 Å². The zero-order valence-corrected chi connectivity index (χ0v) is 14.0. The number of fused-ring (bicyclic) bond motifs is 1. The number of imidazole rings is 1. The Labute approximate surface area is 152 Å². The van der Waals surface area contributed by atoms with E-state index in [0.717, 1.165) is 12.3 Å². The number of nitrogens with zero attached hydrogens (tertiary/aromatic N) is 2. The van der Waals surface area contributed by atoms with Gasteiger partial charge in [0.15, 0.2) is 0 Å². The fourth-order valence-electron chi connectivity index (χ4n) is 2.45. The number of rotatable bonds is 5. The third kappa shape index (κ3) is 4.93. The summed E-state index contributed by atoms with van der Waals surface area (Å²) in [4.78, 5) is 16.0. The van der Waals surface area contributed by atoms with Crippen molar-refractivity contribution < 1.29 is 22.4 Å². The van der Waals surface area contributed by atoms with Crippen LogP contribution in [-0.2, 0) is 17.4 Å². The second-order valence-corrected chi connectivity index (χ2v) is 5.84. The van der Waals surface area contributed by atoms with Crippen molar-refractivity contribution in [1.82, 2.24) is 14.7 Å². The van der Waals surface area contributed by atoms with Crippen molar-refractivity contribution in [3.8, 4) is 0 Å². The summed E-state index contributed by atoms with van der Waals surface area (Å²) < 4.78 is 52.3. The van der Waals surface area contributed by atoms with Crippen LogP contribution in [0.3, 0.4) is 0 Å². The lowest BCUT2D eigenvalue weighted by molar-refractivity contribution is -0.137. The highest BCUT2D eigenvalue weighted by atomic mass is 19.4. The highest BCUT2D eigenvalue weighted by molar-refractivity contribution is 5.91. The number of hydrogen-bond acceptors (Lipinski definition) is 2. The number of carbonyl (C=O) groups excluding carboxylic acids is 1. The van der Waals surface area contributed by atoms with E-state index < -0.39 is 11.7 Å². The third-order valence-corrected chi connectivity index (χ3v) is 3.81. The molecule has 0 spiro atoms. The molecule has 4 nitrogen and oxygen atoms in total. The largest absolute Gasteiger partial charge is 0.417 e. The number of aromatic nitrogens is 2. The molecule has 27 heavy (non-hydrogen) atoms. The summed E-state index contributed by atoms with van der Waals surface area (Å²) in [7, 11) is 0. The number of carbonyl (C=O) groups is 1. The summed E-state index contributed by atoms with van der Waals surface area (Å²) in [6.07, 6.45) is 1.33. The highest BCUT2D eigenvalue weighted by Gasteiger charge is 2.30. The number of nitrogens with one attached hydrogen (secondary N) is 1. The van der Waals surface area contributed by atoms with Gasteiger partial charge in [0.25, 0.3) is 0 Å². The van der Waals surface area contributed by atoms with Crippen LogP contribution in [0.15, 0.2) is 54.9 Å². The van der Waals surface area contributed by atoms with Crippen molar-refractivity contribution in [2.24, 2.45) is 0 Å². The van der Waals surface area contributed by atoms with E-state index in [1.807, 2.05) is 0 Å². The predicted octanol–water partition coefficient (Wildman–Crippen LogP) is 3.86. The molecular weight excluding hydrogens is 362 g/mol. The molecule has 0 aliphatic carbocycles. The summed E-state index contributed by atoms with van der Waals surface area (Å²) in [6.45, 7) is 0.280. The summed E-state index contributed by atoms with van der Waals surface area (Å²) in [5, 5.41) is 2.66. The van der Waals surface area contributed by atoms with Gasteiger partial charge < -0.3 is 9.72 Å². The molecule has 0 fully saturated rings. The summed E-state index contributed by atoms with van der Waals surface area (Å²) in [5.41, 5.74) is 0.906. The molecule has 0 aliphatic heterocycles. The topological polar surface area (TPSA) is 46.4 Å². The normalized spacial score (nSPS) is 12.0. The van der Waals surface area contributed by atoms with Gasteiger partial charge in [-0.1, -0.05) is 12.1 Å². The minimum Gasteiger partial charge on any atom is -0.352 e. The summed E-state index contributed by atoms with van der Waals surface area (Å²) in [5.74, 6) is -0.686. The van der Waals surface area contributed by atoms with E-state index in [-0.39, 0.29) is 18.3 Å². The van der Waals surface area contributed by atoms with E-state index in [1.165, 1.54) is 34.9 Å². The maximum atomic E-state index is 12.8. The van der Waals surface area contributed by atoms with Gasteiger partial charge in [-0.2, -0.15) is 13.2 Å². The van der Waals surface area contributed by atoms with Crippen molar-refractivity contribution in [2.45, 2.75) is 12.6 Å². The molecule has 1 aromatic carbocycles. The first-order valence-corrected chi connectivity index (χ1v) is 8.07. The van der Waals surface area contributed by atoms with E-state index in [9.17, 15) is 22.4 Å². The van der Waals surface area contributed by atoms with Gasteiger partial charge in [0.05, 0.1) is 11.3 Å². The van der Waals surface area contributed by atoms with Crippen molar-refractivity contribution >= 4 is 17.6 Å². The van der Waals surface area contributed by atoms with Gasteiger partial charge in [0.2, 0.25) is 5.91 Å². The van der Waals surface area contributed by atoms with Crippen molar-refractivity contribution in [3.05, 3.63) is 77.5 Å². The number of amides is 1. The van der Waals surface area contributed by atoms with Crippen LogP contribution in [0.25, 0.3) is 11.7 Å². The molecule has 3 rings (SSSR count). The van der Waals surface area contributed by atoms with Crippen LogP contribution in [0.2, 0.25) is 0 Å². The van der Waals surface area contributed by atoms with Gasteiger partial charge >= 0.3 is 6.18 Å². The highest BCUT2D eigenvalue weighted by Crippen LogP contribution is 2.29. The molecule has 0 bridgehead atoms. The molecule has 0 aliphatic rings. The third-order valence-electron chi connectivity index (χ3n) is 3.81. The van der Waals surface area contributed by atoms with Gasteiger partial charge in [-0.25, -0.2) is 9.37 Å². The number of pyridine rings is 1. The number of alkyl halides is 3. The van der Waals surface area contributed by atoms with Gasteiger partial charge in [-0.05, 0) is 35.9 Å². The van der Waals surface area contributed by atoms with Crippen molar-refractivity contribution in [3.63, 3.8) is 0 Å². The fraction of sp³-hybridized carbons (Fsp3) is 0.158. The van der Waals surface area contributed by atoms with E-state index in [1.54, 1.807) is 18.2 Å². The molecule has 0 saturated heterocycles. The lowest BCUT2D eigenvalue weighted by Gasteiger charge is -2.05. The molecule has 0 saturated carbocycles. The van der Waals surface area contributed by atoms with Gasteiger partial charge in [-0.3, -0.25) is 4.79 Å². The first-order chi connectivity index (χ1) is 12.8. The van der Waals surface area contributed by atoms with E-state index >= 15 is 0 Å². The average molecular weight is 377 g/mol. The minimum absolute atomic E-state index is 0.280. The van der Waals surface area contributed by atoms with Crippen LogP contribution < -0.4 is 5.32 Å². The molecule has 0 atom stereocenters. The second-order valence-electron chi connectivity index (χ2n) is 5.84. The van der Waals surface area contributed by atoms with Gasteiger partial charge in [0.1, 0.15) is 11.5 Å². The van der Waals surface area contributed by atoms with Gasteiger partial charge in [-0.15, -0.1) is 0 Å². The molecule has 0 radical (unpaired) electrons. The Bertz CT molecular complexity index is 975. The van der Waals surface area contributed by atoms with Crippen molar-refractivity contribution in [1.29, 1.82) is 0 Å². The van der Waals surface area contributed by atoms with Crippen LogP contribution in [0, 0.1) is 5.82 Å². The molecule has 2 heterocycles. The fourth-order valence-corrected chi connectivity index (χ4v) is 2.45. The maximum Gasteiger partial charge on any atom is 0.417 e. The Balaban J connectivity index is 1.55. The average Bonchev–Trinajstić information content (AvgIpc) is 3.02. The minimum atomic E-state index is -4.41. The van der Waals surface area contributed by atoms with Crippen LogP contribution >= 0.6 is 0 Å². The predicted molar refractivity (Wildman–Crippen MR) is 92.3 cm³/mol. The summed E-state index contributed by atoms with van der Waals surface area (Å²) in [6, 6.07) is 7.97. The zero-order chi connectivity index (χ0) is 19.4. The number of halogens is 4. The number of hydrogen-bond donors (Lipinski definition) is 1. The van der Waals surface area contributed by atoms with E-state index in [2.05, 4.69) is 10.3 Å². The quantitative estimate of drug-likeness (QED) is 0.542. The Morgan fingerprint density at radius 3 is 2.56 bits per heavy atom. The Morgan fingerprint density at radius 2 is 1.85 bits per heavy atom. The smallest absolute Gasteiger partial charge is 0.352 e. The Hall–Kier alpha value is -3.16. The molecule has 1 N–H and O–H groups in total. The molecule has 0 unspecified atom stereocenters. The van der Waals surface area contributed by atoms with Crippen LogP contribution in [-0.4, -0.2) is 21.8 Å². The first-order valence-electron chi connectivity index (χ1n) is 8.07. The molecular formula is C19H15F4N3O. The lowest BCUT2D eigenvalue weighted by atomic mass is 10.2. The molecule has 3 aromatic rings. The second kappa shape index (κ2) is 7.61. The molecule has 8 heteroatoms. The maximum absolute atomic E-state index is 12.8. The van der Waals surface area contributed by atoms with Gasteiger partial charge in [0, 0.05) is 31.4 Å². The Kier molecular flexibility index (Phi) is 5.25. The molecule has 1 amide bonds. The van der Waals surface area contributed by atoms with Crippen LogP contribution in [0.1, 0.15) is 16.8 Å². The SMILES string of the molecule is O=C(/C=C/c1ccc(F)cc1)NCCc1cn2cc(C(F)(F)F)ccc2n1. The van der Waals surface area contributed by atoms with Crippen molar-refractivity contribution in [2.75, 3.05) is 6.54 Å². The molecule has 2 aromatic heterocycles. The van der Waals surface area contributed by atoms with Crippen LogP contribution in [0.4, 0.5) is 17.6 Å². The van der Waals surface area contributed by atoms with E-state index in [4.69, 9.17) is 0 Å². The molecule has 140 valence electrons.